The highest BCUT2D eigenvalue weighted by molar-refractivity contribution is 8.15. The third-order valence-corrected chi connectivity index (χ3v) is 3.74. The van der Waals surface area contributed by atoms with Crippen molar-refractivity contribution in [3.05, 3.63) is 41.5 Å². The van der Waals surface area contributed by atoms with Crippen LogP contribution in [0.5, 0.6) is 0 Å². The van der Waals surface area contributed by atoms with Gasteiger partial charge >= 0.3 is 0 Å². The maximum absolute atomic E-state index is 12.0. The number of benzene rings is 1. The Labute approximate surface area is 104 Å². The molecule has 0 radical (unpaired) electrons. The molecule has 4 heteroatoms. The lowest BCUT2D eigenvalue weighted by Gasteiger charge is -2.14. The third kappa shape index (κ3) is 1.74. The first-order valence-electron chi connectivity index (χ1n) is 5.52. The van der Waals surface area contributed by atoms with Crippen LogP contribution in [0.4, 0.5) is 11.4 Å². The second-order valence-corrected chi connectivity index (χ2v) is 4.91. The number of rotatable bonds is 0. The van der Waals surface area contributed by atoms with Gasteiger partial charge in [-0.3, -0.25) is 4.79 Å². The average molecular weight is 244 g/mol. The summed E-state index contributed by atoms with van der Waals surface area (Å²) in [7, 11) is 0. The van der Waals surface area contributed by atoms with E-state index >= 15 is 0 Å². The summed E-state index contributed by atoms with van der Waals surface area (Å²) in [6.45, 7) is 0. The van der Waals surface area contributed by atoms with E-state index in [0.29, 0.717) is 0 Å². The summed E-state index contributed by atoms with van der Waals surface area (Å²) in [5.41, 5.74) is 10.5. The quantitative estimate of drug-likeness (QED) is 0.544. The number of nitrogens with one attached hydrogen (secondary N) is 1. The van der Waals surface area contributed by atoms with Crippen LogP contribution < -0.4 is 10.5 Å². The van der Waals surface area contributed by atoms with Crippen molar-refractivity contribution < 1.29 is 4.79 Å². The second-order valence-electron chi connectivity index (χ2n) is 4.13. The van der Waals surface area contributed by atoms with E-state index < -0.39 is 0 Å². The minimum Gasteiger partial charge on any atom is -0.399 e. The zero-order chi connectivity index (χ0) is 11.8. The first-order valence-corrected chi connectivity index (χ1v) is 6.34. The Kier molecular flexibility index (Phi) is 2.44. The molecule has 0 aromatic heterocycles. The van der Waals surface area contributed by atoms with Crippen LogP contribution in [0.15, 0.2) is 35.9 Å². The van der Waals surface area contributed by atoms with E-state index in [2.05, 4.69) is 10.8 Å². The second kappa shape index (κ2) is 3.96. The zero-order valence-electron chi connectivity index (χ0n) is 9.19. The minimum absolute atomic E-state index is 0.0747. The highest BCUT2D eigenvalue weighted by Gasteiger charge is 2.23. The van der Waals surface area contributed by atoms with E-state index in [1.54, 1.807) is 0 Å². The van der Waals surface area contributed by atoms with Gasteiger partial charge in [-0.15, -0.1) is 0 Å². The van der Waals surface area contributed by atoms with Gasteiger partial charge in [-0.05, 0) is 36.6 Å². The fourth-order valence-electron chi connectivity index (χ4n) is 2.19. The molecule has 1 aromatic carbocycles. The van der Waals surface area contributed by atoms with Crippen molar-refractivity contribution >= 4 is 34.0 Å². The molecule has 0 spiro atoms. The molecule has 17 heavy (non-hydrogen) atoms. The summed E-state index contributed by atoms with van der Waals surface area (Å²) < 4.78 is 3.09. The average Bonchev–Trinajstić information content (AvgIpc) is 2.49. The third-order valence-electron chi connectivity index (χ3n) is 3.01. The molecular weight excluding hydrogens is 232 g/mol. The van der Waals surface area contributed by atoms with Gasteiger partial charge in [0.15, 0.2) is 0 Å². The molecule has 0 atom stereocenters. The molecule has 1 aliphatic heterocycles. The normalized spacial score (nSPS) is 18.2. The van der Waals surface area contributed by atoms with Gasteiger partial charge in [0.1, 0.15) is 0 Å². The summed E-state index contributed by atoms with van der Waals surface area (Å²) in [5.74, 6) is 0. The van der Waals surface area contributed by atoms with Crippen LogP contribution in [-0.4, -0.2) is 5.12 Å². The van der Waals surface area contributed by atoms with E-state index in [1.807, 2.05) is 24.3 Å². The maximum atomic E-state index is 12.0. The molecule has 2 aliphatic rings. The summed E-state index contributed by atoms with van der Waals surface area (Å²) in [6, 6.07) is 5.72. The van der Waals surface area contributed by atoms with Crippen LogP contribution >= 0.6 is 11.9 Å². The summed E-state index contributed by atoms with van der Waals surface area (Å²) >= 11 is 1.13. The van der Waals surface area contributed by atoms with Crippen molar-refractivity contribution in [2.75, 3.05) is 10.5 Å². The number of carbonyl (C=O) groups excluding carboxylic acids is 1. The maximum Gasteiger partial charge on any atom is 0.239 e. The highest BCUT2D eigenvalue weighted by atomic mass is 32.2. The lowest BCUT2D eigenvalue weighted by Crippen LogP contribution is -2.01. The molecule has 0 unspecified atom stereocenters. The number of allylic oxidation sites excluding steroid dienone is 3. The van der Waals surface area contributed by atoms with Crippen molar-refractivity contribution in [2.24, 2.45) is 0 Å². The molecule has 0 amide bonds. The van der Waals surface area contributed by atoms with Gasteiger partial charge in [-0.25, -0.2) is 0 Å². The van der Waals surface area contributed by atoms with E-state index in [9.17, 15) is 4.79 Å². The van der Waals surface area contributed by atoms with Gasteiger partial charge in [-0.2, -0.15) is 0 Å². The molecule has 1 aromatic rings. The minimum atomic E-state index is 0.0747. The Morgan fingerprint density at radius 3 is 3.12 bits per heavy atom. The standard InChI is InChI=1S/C13H12N2OS/c14-8-5-6-12-11(7-8)9-3-1-2-4-10(9)13(16)17-15-12/h2,4-7,15H,1,3,14H2. The molecular formula is C13H12N2OS. The number of carbonyl (C=O) groups is 1. The molecule has 3 rings (SSSR count). The van der Waals surface area contributed by atoms with E-state index in [-0.39, 0.29) is 5.12 Å². The highest BCUT2D eigenvalue weighted by Crippen LogP contribution is 2.39. The van der Waals surface area contributed by atoms with Crippen LogP contribution in [0.1, 0.15) is 18.4 Å². The van der Waals surface area contributed by atoms with E-state index in [0.717, 1.165) is 52.9 Å². The Morgan fingerprint density at radius 1 is 1.35 bits per heavy atom. The fraction of sp³-hybridized carbons (Fsp3) is 0.154. The molecule has 0 fully saturated rings. The Balaban J connectivity index is 2.24. The Hall–Kier alpha value is -1.68. The molecule has 0 saturated carbocycles. The molecule has 0 bridgehead atoms. The molecule has 3 N–H and O–H groups in total. The van der Waals surface area contributed by atoms with Crippen molar-refractivity contribution in [1.29, 1.82) is 0 Å². The number of fused-ring (bicyclic) bond motifs is 2. The van der Waals surface area contributed by atoms with Gasteiger partial charge in [0.25, 0.3) is 0 Å². The van der Waals surface area contributed by atoms with Crippen LogP contribution in [0, 0.1) is 0 Å². The number of hydrogen-bond acceptors (Lipinski definition) is 4. The van der Waals surface area contributed by atoms with Gasteiger partial charge < -0.3 is 10.5 Å². The lowest BCUT2D eigenvalue weighted by atomic mass is 9.91. The van der Waals surface area contributed by atoms with Crippen LogP contribution in [-0.2, 0) is 4.79 Å². The monoisotopic (exact) mass is 244 g/mol. The van der Waals surface area contributed by atoms with Gasteiger partial charge in [-0.1, -0.05) is 12.2 Å². The smallest absolute Gasteiger partial charge is 0.239 e. The SMILES string of the molecule is Nc1ccc2c(c1)C1=C(C=CCC1)C(=O)SN2. The fourth-order valence-corrected chi connectivity index (χ4v) is 2.87. The predicted molar refractivity (Wildman–Crippen MR) is 72.4 cm³/mol. The van der Waals surface area contributed by atoms with Gasteiger partial charge in [0, 0.05) is 28.8 Å². The van der Waals surface area contributed by atoms with E-state index in [4.69, 9.17) is 5.73 Å². The summed E-state index contributed by atoms with van der Waals surface area (Å²) in [4.78, 5) is 12.0. The predicted octanol–water partition coefficient (Wildman–Crippen LogP) is 2.97. The van der Waals surface area contributed by atoms with Crippen molar-refractivity contribution in [1.82, 2.24) is 0 Å². The van der Waals surface area contributed by atoms with E-state index in [1.165, 1.54) is 0 Å². The van der Waals surface area contributed by atoms with Crippen LogP contribution in [0.25, 0.3) is 5.57 Å². The summed E-state index contributed by atoms with van der Waals surface area (Å²) in [6.07, 6.45) is 5.85. The van der Waals surface area contributed by atoms with Crippen LogP contribution in [0.3, 0.4) is 0 Å². The number of hydrogen-bond donors (Lipinski definition) is 2. The molecule has 0 saturated heterocycles. The molecule has 1 heterocycles. The van der Waals surface area contributed by atoms with Gasteiger partial charge in [0.05, 0.1) is 5.69 Å². The van der Waals surface area contributed by atoms with Crippen molar-refractivity contribution in [2.45, 2.75) is 12.8 Å². The number of anilines is 2. The van der Waals surface area contributed by atoms with Gasteiger partial charge in [0.2, 0.25) is 5.12 Å². The topological polar surface area (TPSA) is 55.1 Å². The largest absolute Gasteiger partial charge is 0.399 e. The summed E-state index contributed by atoms with van der Waals surface area (Å²) in [5, 5.41) is 0.0747. The Bertz CT molecular complexity index is 561. The van der Waals surface area contributed by atoms with Crippen molar-refractivity contribution in [3.63, 3.8) is 0 Å². The molecule has 3 nitrogen and oxygen atoms in total. The first-order chi connectivity index (χ1) is 8.25. The molecule has 1 aliphatic carbocycles. The number of nitrogen functional groups attached to an aromatic ring is 1. The first kappa shape index (κ1) is 10.5. The molecule has 86 valence electrons. The Morgan fingerprint density at radius 2 is 2.24 bits per heavy atom. The number of nitrogens with two attached hydrogens (primary N) is 1. The lowest BCUT2D eigenvalue weighted by molar-refractivity contribution is -0.107. The zero-order valence-corrected chi connectivity index (χ0v) is 10.0. The van der Waals surface area contributed by atoms with Crippen molar-refractivity contribution in [3.8, 4) is 0 Å². The van der Waals surface area contributed by atoms with Crippen LogP contribution in [0.2, 0.25) is 0 Å².